The number of thiazole rings is 1. The number of halogens is 1. The smallest absolute Gasteiger partial charge is 0.181 e. The van der Waals surface area contributed by atoms with E-state index in [-0.39, 0.29) is 0 Å². The minimum absolute atomic E-state index is 0.645. The Kier molecular flexibility index (Phi) is 2.97. The van der Waals surface area contributed by atoms with Crippen LogP contribution in [0.3, 0.4) is 0 Å². The fourth-order valence-electron chi connectivity index (χ4n) is 1.13. The van der Waals surface area contributed by atoms with Gasteiger partial charge in [-0.3, -0.25) is 0 Å². The maximum atomic E-state index is 4.35. The van der Waals surface area contributed by atoms with Crippen molar-refractivity contribution in [1.29, 1.82) is 0 Å². The first-order chi connectivity index (χ1) is 7.20. The standard InChI is InChI=1S/C9H9BrN4S/c1-5-13-7(4-15-5)9-12-3-6(10)8(11-2)14-9/h3-4H,1-2H3,(H,11,12,14). The molecule has 0 unspecified atom stereocenters. The molecule has 0 radical (unpaired) electrons. The van der Waals surface area contributed by atoms with Crippen LogP contribution in [0.2, 0.25) is 0 Å². The Balaban J connectivity index is 2.45. The van der Waals surface area contributed by atoms with Crippen molar-refractivity contribution in [3.8, 4) is 11.5 Å². The number of nitrogens with zero attached hydrogens (tertiary/aromatic N) is 3. The van der Waals surface area contributed by atoms with Crippen molar-refractivity contribution in [3.05, 3.63) is 21.1 Å². The summed E-state index contributed by atoms with van der Waals surface area (Å²) in [4.78, 5) is 12.9. The molecule has 0 aliphatic rings. The normalized spacial score (nSPS) is 10.3. The molecule has 0 amide bonds. The first-order valence-electron chi connectivity index (χ1n) is 4.33. The lowest BCUT2D eigenvalue weighted by Gasteiger charge is -2.02. The summed E-state index contributed by atoms with van der Waals surface area (Å²) in [6.07, 6.45) is 1.73. The molecule has 0 spiro atoms. The molecular formula is C9H9BrN4S. The van der Waals surface area contributed by atoms with E-state index >= 15 is 0 Å². The van der Waals surface area contributed by atoms with Gasteiger partial charge in [-0.15, -0.1) is 11.3 Å². The van der Waals surface area contributed by atoms with Crippen molar-refractivity contribution >= 4 is 33.1 Å². The molecule has 2 aromatic heterocycles. The number of anilines is 1. The molecule has 2 heterocycles. The van der Waals surface area contributed by atoms with Gasteiger partial charge in [0.2, 0.25) is 0 Å². The van der Waals surface area contributed by atoms with Crippen LogP contribution in [0.15, 0.2) is 16.0 Å². The lowest BCUT2D eigenvalue weighted by atomic mass is 10.4. The van der Waals surface area contributed by atoms with Gasteiger partial charge in [-0.1, -0.05) is 0 Å². The molecule has 1 N–H and O–H groups in total. The molecule has 2 rings (SSSR count). The van der Waals surface area contributed by atoms with Crippen molar-refractivity contribution in [1.82, 2.24) is 15.0 Å². The molecule has 0 aliphatic carbocycles. The Bertz CT molecular complexity index is 483. The van der Waals surface area contributed by atoms with Crippen molar-refractivity contribution in [3.63, 3.8) is 0 Å². The van der Waals surface area contributed by atoms with Crippen LogP contribution in [-0.2, 0) is 0 Å². The van der Waals surface area contributed by atoms with E-state index in [2.05, 4.69) is 36.2 Å². The fourth-order valence-corrected chi connectivity index (χ4v) is 2.11. The minimum Gasteiger partial charge on any atom is -0.372 e. The summed E-state index contributed by atoms with van der Waals surface area (Å²) in [7, 11) is 1.82. The van der Waals surface area contributed by atoms with Crippen molar-refractivity contribution in [2.45, 2.75) is 6.92 Å². The van der Waals surface area contributed by atoms with Gasteiger partial charge in [0, 0.05) is 18.6 Å². The number of hydrogen-bond donors (Lipinski definition) is 1. The third-order valence-electron chi connectivity index (χ3n) is 1.83. The largest absolute Gasteiger partial charge is 0.372 e. The van der Waals surface area contributed by atoms with E-state index in [0.29, 0.717) is 5.82 Å². The van der Waals surface area contributed by atoms with Gasteiger partial charge in [0.25, 0.3) is 0 Å². The molecule has 0 bridgehead atoms. The zero-order valence-corrected chi connectivity index (χ0v) is 10.7. The summed E-state index contributed by atoms with van der Waals surface area (Å²) >= 11 is 4.96. The first kappa shape index (κ1) is 10.5. The fraction of sp³-hybridized carbons (Fsp3) is 0.222. The Hall–Kier alpha value is -1.01. The van der Waals surface area contributed by atoms with Gasteiger partial charge in [0.15, 0.2) is 5.82 Å². The molecular weight excluding hydrogens is 276 g/mol. The van der Waals surface area contributed by atoms with Crippen LogP contribution < -0.4 is 5.32 Å². The topological polar surface area (TPSA) is 50.7 Å². The van der Waals surface area contributed by atoms with E-state index in [4.69, 9.17) is 0 Å². The van der Waals surface area contributed by atoms with Gasteiger partial charge in [0.05, 0.1) is 9.48 Å². The summed E-state index contributed by atoms with van der Waals surface area (Å²) in [6, 6.07) is 0. The van der Waals surface area contributed by atoms with Crippen LogP contribution in [0.25, 0.3) is 11.5 Å². The molecule has 15 heavy (non-hydrogen) atoms. The molecule has 0 fully saturated rings. The Morgan fingerprint density at radius 3 is 2.80 bits per heavy atom. The summed E-state index contributed by atoms with van der Waals surface area (Å²) < 4.78 is 0.848. The predicted octanol–water partition coefficient (Wildman–Crippen LogP) is 2.71. The Morgan fingerprint density at radius 1 is 1.40 bits per heavy atom. The number of aryl methyl sites for hydroxylation is 1. The summed E-state index contributed by atoms with van der Waals surface area (Å²) in [5.74, 6) is 1.41. The predicted molar refractivity (Wildman–Crippen MR) is 65.1 cm³/mol. The average Bonchev–Trinajstić information content (AvgIpc) is 2.66. The lowest BCUT2D eigenvalue weighted by Crippen LogP contribution is -1.97. The van der Waals surface area contributed by atoms with Gasteiger partial charge in [-0.05, 0) is 22.9 Å². The highest BCUT2D eigenvalue weighted by molar-refractivity contribution is 9.10. The van der Waals surface area contributed by atoms with Crippen molar-refractivity contribution in [2.75, 3.05) is 12.4 Å². The molecule has 0 aliphatic heterocycles. The first-order valence-corrected chi connectivity index (χ1v) is 6.01. The minimum atomic E-state index is 0.645. The van der Waals surface area contributed by atoms with Gasteiger partial charge in [0.1, 0.15) is 11.5 Å². The van der Waals surface area contributed by atoms with E-state index in [1.54, 1.807) is 17.5 Å². The summed E-state index contributed by atoms with van der Waals surface area (Å²) in [5.41, 5.74) is 0.821. The maximum absolute atomic E-state index is 4.35. The number of hydrogen-bond acceptors (Lipinski definition) is 5. The van der Waals surface area contributed by atoms with Crippen LogP contribution in [0.5, 0.6) is 0 Å². The molecule has 4 nitrogen and oxygen atoms in total. The van der Waals surface area contributed by atoms with E-state index < -0.39 is 0 Å². The number of nitrogens with one attached hydrogen (secondary N) is 1. The molecule has 78 valence electrons. The average molecular weight is 285 g/mol. The zero-order chi connectivity index (χ0) is 10.8. The highest BCUT2D eigenvalue weighted by Crippen LogP contribution is 2.23. The number of aromatic nitrogens is 3. The van der Waals surface area contributed by atoms with Crippen LogP contribution in [0, 0.1) is 6.92 Å². The van der Waals surface area contributed by atoms with Gasteiger partial charge in [-0.25, -0.2) is 15.0 Å². The molecule has 0 atom stereocenters. The second-order valence-corrected chi connectivity index (χ2v) is 4.81. The SMILES string of the molecule is CNc1nc(-c2csc(C)n2)ncc1Br. The third kappa shape index (κ3) is 2.15. The lowest BCUT2D eigenvalue weighted by molar-refractivity contribution is 1.12. The van der Waals surface area contributed by atoms with Crippen LogP contribution >= 0.6 is 27.3 Å². The Morgan fingerprint density at radius 2 is 2.20 bits per heavy atom. The van der Waals surface area contributed by atoms with Gasteiger partial charge < -0.3 is 5.32 Å². The van der Waals surface area contributed by atoms with Gasteiger partial charge >= 0.3 is 0 Å². The second kappa shape index (κ2) is 4.24. The second-order valence-electron chi connectivity index (χ2n) is 2.89. The molecule has 0 saturated carbocycles. The monoisotopic (exact) mass is 284 g/mol. The number of rotatable bonds is 2. The quantitative estimate of drug-likeness (QED) is 0.921. The van der Waals surface area contributed by atoms with Crippen LogP contribution in [-0.4, -0.2) is 22.0 Å². The third-order valence-corrected chi connectivity index (χ3v) is 3.18. The highest BCUT2D eigenvalue weighted by Gasteiger charge is 2.08. The van der Waals surface area contributed by atoms with Crippen LogP contribution in [0.1, 0.15) is 5.01 Å². The summed E-state index contributed by atoms with van der Waals surface area (Å²) in [5, 5.41) is 5.96. The molecule has 2 aromatic rings. The van der Waals surface area contributed by atoms with E-state index in [0.717, 1.165) is 21.0 Å². The summed E-state index contributed by atoms with van der Waals surface area (Å²) in [6.45, 7) is 1.96. The zero-order valence-electron chi connectivity index (χ0n) is 8.28. The van der Waals surface area contributed by atoms with E-state index in [1.807, 2.05) is 19.4 Å². The maximum Gasteiger partial charge on any atom is 0.181 e. The van der Waals surface area contributed by atoms with Gasteiger partial charge in [-0.2, -0.15) is 0 Å². The molecule has 6 heteroatoms. The van der Waals surface area contributed by atoms with E-state index in [1.165, 1.54) is 0 Å². The molecule has 0 saturated heterocycles. The Labute approximate surface area is 99.9 Å². The van der Waals surface area contributed by atoms with Crippen molar-refractivity contribution in [2.24, 2.45) is 0 Å². The van der Waals surface area contributed by atoms with Crippen molar-refractivity contribution < 1.29 is 0 Å². The molecule has 0 aromatic carbocycles. The highest BCUT2D eigenvalue weighted by atomic mass is 79.9. The van der Waals surface area contributed by atoms with E-state index in [9.17, 15) is 0 Å². The van der Waals surface area contributed by atoms with Crippen LogP contribution in [0.4, 0.5) is 5.82 Å².